The minimum Gasteiger partial charge on any atom is -0.389 e. The average molecular weight is 166 g/mol. The van der Waals surface area contributed by atoms with E-state index in [1.807, 2.05) is 43.4 Å². The predicted octanol–water partition coefficient (Wildman–Crippen LogP) is 2.84. The molecule has 0 aliphatic carbocycles. The molecule has 0 aromatic heterocycles. The molecule has 0 aliphatic rings. The molecule has 0 aromatic rings. The van der Waals surface area contributed by atoms with Gasteiger partial charge in [0.25, 0.3) is 0 Å². The third-order valence-corrected chi connectivity index (χ3v) is 1.44. The van der Waals surface area contributed by atoms with Gasteiger partial charge in [-0.1, -0.05) is 49.8 Å². The van der Waals surface area contributed by atoms with Gasteiger partial charge in [-0.2, -0.15) is 0 Å². The SMILES string of the molecule is C/C=C/C=C/C=C/C(O)CCC. The van der Waals surface area contributed by atoms with Crippen molar-refractivity contribution in [1.82, 2.24) is 0 Å². The van der Waals surface area contributed by atoms with Gasteiger partial charge >= 0.3 is 0 Å². The van der Waals surface area contributed by atoms with Crippen LogP contribution in [-0.2, 0) is 0 Å². The summed E-state index contributed by atoms with van der Waals surface area (Å²) in [6, 6.07) is 0. The summed E-state index contributed by atoms with van der Waals surface area (Å²) >= 11 is 0. The summed E-state index contributed by atoms with van der Waals surface area (Å²) in [6.07, 6.45) is 13.0. The van der Waals surface area contributed by atoms with Crippen molar-refractivity contribution in [2.45, 2.75) is 32.8 Å². The van der Waals surface area contributed by atoms with E-state index in [9.17, 15) is 5.11 Å². The molecule has 0 fully saturated rings. The molecule has 0 spiro atoms. The zero-order valence-corrected chi connectivity index (χ0v) is 7.90. The third kappa shape index (κ3) is 7.29. The maximum Gasteiger partial charge on any atom is 0.0723 e. The van der Waals surface area contributed by atoms with Crippen LogP contribution in [0.15, 0.2) is 36.5 Å². The van der Waals surface area contributed by atoms with E-state index in [2.05, 4.69) is 6.92 Å². The lowest BCUT2D eigenvalue weighted by molar-refractivity contribution is 0.211. The maximum absolute atomic E-state index is 9.27. The Morgan fingerprint density at radius 1 is 1.17 bits per heavy atom. The Morgan fingerprint density at radius 3 is 2.42 bits per heavy atom. The first-order valence-corrected chi connectivity index (χ1v) is 4.45. The predicted molar refractivity (Wildman–Crippen MR) is 54.0 cm³/mol. The molecule has 0 saturated heterocycles. The van der Waals surface area contributed by atoms with Gasteiger partial charge in [0.2, 0.25) is 0 Å². The summed E-state index contributed by atoms with van der Waals surface area (Å²) in [5.74, 6) is 0. The zero-order valence-electron chi connectivity index (χ0n) is 7.90. The molecule has 0 saturated carbocycles. The molecule has 0 bridgehead atoms. The van der Waals surface area contributed by atoms with Gasteiger partial charge in [0, 0.05) is 0 Å². The van der Waals surface area contributed by atoms with Crippen LogP contribution < -0.4 is 0 Å². The Balaban J connectivity index is 3.59. The minimum atomic E-state index is -0.287. The number of allylic oxidation sites excluding steroid dienone is 5. The summed E-state index contributed by atoms with van der Waals surface area (Å²) < 4.78 is 0. The second-order valence-corrected chi connectivity index (χ2v) is 2.65. The zero-order chi connectivity index (χ0) is 9.23. The molecule has 1 N–H and O–H groups in total. The van der Waals surface area contributed by atoms with Crippen LogP contribution >= 0.6 is 0 Å². The van der Waals surface area contributed by atoms with Gasteiger partial charge in [-0.25, -0.2) is 0 Å². The molecule has 1 heteroatoms. The number of rotatable bonds is 5. The quantitative estimate of drug-likeness (QED) is 0.623. The second-order valence-electron chi connectivity index (χ2n) is 2.65. The summed E-state index contributed by atoms with van der Waals surface area (Å²) in [5.41, 5.74) is 0. The average Bonchev–Trinajstić information content (AvgIpc) is 2.05. The highest BCUT2D eigenvalue weighted by atomic mass is 16.3. The Bertz CT molecular complexity index is 166. The Hall–Kier alpha value is -0.820. The van der Waals surface area contributed by atoms with E-state index in [0.29, 0.717) is 0 Å². The normalized spacial score (nSPS) is 15.2. The van der Waals surface area contributed by atoms with Crippen LogP contribution in [0.3, 0.4) is 0 Å². The molecule has 0 radical (unpaired) electrons. The minimum absolute atomic E-state index is 0.287. The number of aliphatic hydroxyl groups is 1. The fourth-order valence-corrected chi connectivity index (χ4v) is 0.824. The second kappa shape index (κ2) is 8.28. The standard InChI is InChI=1S/C11H18O/c1-3-5-6-7-8-10-11(12)9-4-2/h3,5-8,10-12H,4,9H2,1-2H3/b5-3+,7-6+,10-8+. The van der Waals surface area contributed by atoms with Crippen molar-refractivity contribution in [3.63, 3.8) is 0 Å². The maximum atomic E-state index is 9.27. The molecule has 1 atom stereocenters. The summed E-state index contributed by atoms with van der Waals surface area (Å²) in [7, 11) is 0. The van der Waals surface area contributed by atoms with Crippen LogP contribution in [0.4, 0.5) is 0 Å². The number of aliphatic hydroxyl groups excluding tert-OH is 1. The fraction of sp³-hybridized carbons (Fsp3) is 0.455. The highest BCUT2D eigenvalue weighted by Crippen LogP contribution is 1.97. The van der Waals surface area contributed by atoms with Crippen LogP contribution in [0.25, 0.3) is 0 Å². The van der Waals surface area contributed by atoms with Crippen LogP contribution in [-0.4, -0.2) is 11.2 Å². The molecule has 1 nitrogen and oxygen atoms in total. The van der Waals surface area contributed by atoms with Crippen molar-refractivity contribution in [2.24, 2.45) is 0 Å². The lowest BCUT2D eigenvalue weighted by Gasteiger charge is -1.99. The third-order valence-electron chi connectivity index (χ3n) is 1.44. The van der Waals surface area contributed by atoms with Crippen LogP contribution in [0.2, 0.25) is 0 Å². The molecule has 0 rings (SSSR count). The van der Waals surface area contributed by atoms with Gasteiger partial charge in [-0.05, 0) is 13.3 Å². The highest BCUT2D eigenvalue weighted by molar-refractivity contribution is 5.11. The van der Waals surface area contributed by atoms with E-state index in [-0.39, 0.29) is 6.10 Å². The van der Waals surface area contributed by atoms with Crippen molar-refractivity contribution in [3.05, 3.63) is 36.5 Å². The smallest absolute Gasteiger partial charge is 0.0723 e. The first-order valence-electron chi connectivity index (χ1n) is 4.45. The first-order chi connectivity index (χ1) is 5.81. The molecule has 0 amide bonds. The lowest BCUT2D eigenvalue weighted by atomic mass is 10.2. The van der Waals surface area contributed by atoms with E-state index in [1.54, 1.807) is 0 Å². The van der Waals surface area contributed by atoms with Crippen molar-refractivity contribution in [2.75, 3.05) is 0 Å². The Morgan fingerprint density at radius 2 is 1.83 bits per heavy atom. The molecule has 0 aromatic carbocycles. The molecule has 12 heavy (non-hydrogen) atoms. The number of hydrogen-bond donors (Lipinski definition) is 1. The van der Waals surface area contributed by atoms with E-state index in [0.717, 1.165) is 12.8 Å². The van der Waals surface area contributed by atoms with E-state index in [1.165, 1.54) is 0 Å². The Labute approximate surface area is 75.1 Å². The van der Waals surface area contributed by atoms with Gasteiger partial charge in [-0.3, -0.25) is 0 Å². The molecular formula is C11H18O. The summed E-state index contributed by atoms with van der Waals surface area (Å²) in [6.45, 7) is 4.03. The molecule has 68 valence electrons. The number of hydrogen-bond acceptors (Lipinski definition) is 1. The molecular weight excluding hydrogens is 148 g/mol. The van der Waals surface area contributed by atoms with Gasteiger partial charge in [0.05, 0.1) is 6.10 Å². The Kier molecular flexibility index (Phi) is 7.71. The monoisotopic (exact) mass is 166 g/mol. The lowest BCUT2D eigenvalue weighted by Crippen LogP contribution is -1.99. The van der Waals surface area contributed by atoms with E-state index < -0.39 is 0 Å². The summed E-state index contributed by atoms with van der Waals surface area (Å²) in [5, 5.41) is 9.27. The van der Waals surface area contributed by atoms with Crippen molar-refractivity contribution < 1.29 is 5.11 Å². The first kappa shape index (κ1) is 11.2. The largest absolute Gasteiger partial charge is 0.389 e. The van der Waals surface area contributed by atoms with E-state index in [4.69, 9.17) is 0 Å². The van der Waals surface area contributed by atoms with Crippen molar-refractivity contribution in [3.8, 4) is 0 Å². The molecule has 0 heterocycles. The van der Waals surface area contributed by atoms with Gasteiger partial charge in [-0.15, -0.1) is 0 Å². The van der Waals surface area contributed by atoms with E-state index >= 15 is 0 Å². The molecule has 1 unspecified atom stereocenters. The van der Waals surface area contributed by atoms with Gasteiger partial charge in [0.15, 0.2) is 0 Å². The van der Waals surface area contributed by atoms with Crippen LogP contribution in [0.1, 0.15) is 26.7 Å². The molecule has 0 aliphatic heterocycles. The topological polar surface area (TPSA) is 20.2 Å². The van der Waals surface area contributed by atoms with Crippen LogP contribution in [0, 0.1) is 0 Å². The van der Waals surface area contributed by atoms with Gasteiger partial charge in [0.1, 0.15) is 0 Å². The van der Waals surface area contributed by atoms with Crippen molar-refractivity contribution in [1.29, 1.82) is 0 Å². The van der Waals surface area contributed by atoms with Gasteiger partial charge < -0.3 is 5.11 Å². The summed E-state index contributed by atoms with van der Waals surface area (Å²) in [4.78, 5) is 0. The fourth-order valence-electron chi connectivity index (χ4n) is 0.824. The van der Waals surface area contributed by atoms with Crippen LogP contribution in [0.5, 0.6) is 0 Å². The van der Waals surface area contributed by atoms with Crippen molar-refractivity contribution >= 4 is 0 Å². The highest BCUT2D eigenvalue weighted by Gasteiger charge is 1.92.